The summed E-state index contributed by atoms with van der Waals surface area (Å²) in [5.41, 5.74) is 2.73. The molecule has 5 nitrogen and oxygen atoms in total. The van der Waals surface area contributed by atoms with Crippen molar-refractivity contribution in [2.24, 2.45) is 5.92 Å². The maximum atomic E-state index is 13.4. The zero-order valence-electron chi connectivity index (χ0n) is 15.0. The van der Waals surface area contributed by atoms with E-state index in [9.17, 15) is 9.59 Å². The highest BCUT2D eigenvalue weighted by atomic mass is 35.5. The molecule has 3 aliphatic rings. The fourth-order valence-electron chi connectivity index (χ4n) is 4.79. The van der Waals surface area contributed by atoms with E-state index in [-0.39, 0.29) is 23.8 Å². The Kier molecular flexibility index (Phi) is 3.86. The van der Waals surface area contributed by atoms with Crippen LogP contribution >= 0.6 is 11.6 Å². The molecule has 3 heterocycles. The molecule has 0 radical (unpaired) electrons. The smallest absolute Gasteiger partial charge is 0.253 e. The van der Waals surface area contributed by atoms with Crippen molar-refractivity contribution in [2.45, 2.75) is 25.4 Å². The van der Waals surface area contributed by atoms with Gasteiger partial charge in [0.1, 0.15) is 6.04 Å². The van der Waals surface area contributed by atoms with E-state index in [1.165, 1.54) is 4.90 Å². The average molecular weight is 382 g/mol. The highest BCUT2D eigenvalue weighted by molar-refractivity contribution is 6.30. The highest BCUT2D eigenvalue weighted by Crippen LogP contribution is 2.49. The second-order valence-corrected chi connectivity index (χ2v) is 7.93. The standard InChI is InChI=1S/C21H20ClN3O2/c1-13-4-2-5-16(12-13)25-20(26)17-18(14-6-8-15(22)9-7-14)23-10-3-11-24(23)19(17)21(25)27/h2,4-9,12,17-19H,3,10-11H2,1H3. The van der Waals surface area contributed by atoms with Gasteiger partial charge in [-0.1, -0.05) is 35.9 Å². The summed E-state index contributed by atoms with van der Waals surface area (Å²) in [5.74, 6) is -0.608. The third-order valence-electron chi connectivity index (χ3n) is 5.88. The molecule has 3 fully saturated rings. The van der Waals surface area contributed by atoms with Gasteiger partial charge >= 0.3 is 0 Å². The number of imide groups is 1. The molecular weight excluding hydrogens is 362 g/mol. The van der Waals surface area contributed by atoms with E-state index >= 15 is 0 Å². The van der Waals surface area contributed by atoms with Gasteiger partial charge in [-0.3, -0.25) is 9.59 Å². The molecule has 0 N–H and O–H groups in total. The van der Waals surface area contributed by atoms with Crippen molar-refractivity contribution in [1.82, 2.24) is 10.0 Å². The average Bonchev–Trinajstić information content (AvgIpc) is 3.28. The van der Waals surface area contributed by atoms with Gasteiger partial charge in [0.2, 0.25) is 5.91 Å². The Labute approximate surface area is 163 Å². The molecule has 0 bridgehead atoms. The Hall–Kier alpha value is -2.21. The van der Waals surface area contributed by atoms with Crippen molar-refractivity contribution in [2.75, 3.05) is 18.0 Å². The second kappa shape index (κ2) is 6.16. The quantitative estimate of drug-likeness (QED) is 0.749. The highest BCUT2D eigenvalue weighted by Gasteiger charge is 2.62. The van der Waals surface area contributed by atoms with Crippen LogP contribution in [0.4, 0.5) is 5.69 Å². The lowest BCUT2D eigenvalue weighted by atomic mass is 9.90. The van der Waals surface area contributed by atoms with E-state index < -0.39 is 6.04 Å². The molecule has 0 spiro atoms. The summed E-state index contributed by atoms with van der Waals surface area (Å²) >= 11 is 6.06. The van der Waals surface area contributed by atoms with Crippen molar-refractivity contribution >= 4 is 29.1 Å². The van der Waals surface area contributed by atoms with Crippen LogP contribution in [0.5, 0.6) is 0 Å². The van der Waals surface area contributed by atoms with Gasteiger partial charge in [0.05, 0.1) is 17.6 Å². The van der Waals surface area contributed by atoms with Crippen molar-refractivity contribution in [3.63, 3.8) is 0 Å². The van der Waals surface area contributed by atoms with E-state index in [2.05, 4.69) is 10.0 Å². The van der Waals surface area contributed by atoms with Crippen LogP contribution in [-0.2, 0) is 9.59 Å². The van der Waals surface area contributed by atoms with Crippen LogP contribution in [0.25, 0.3) is 0 Å². The number of aryl methyl sites for hydroxylation is 1. The summed E-state index contributed by atoms with van der Waals surface area (Å²) in [4.78, 5) is 28.1. The summed E-state index contributed by atoms with van der Waals surface area (Å²) < 4.78 is 0. The Morgan fingerprint density at radius 2 is 1.63 bits per heavy atom. The zero-order chi connectivity index (χ0) is 18.7. The number of benzene rings is 2. The molecule has 3 aliphatic heterocycles. The molecule has 0 aromatic heterocycles. The van der Waals surface area contributed by atoms with Gasteiger partial charge in [0.15, 0.2) is 0 Å². The number of hydrogen-bond donors (Lipinski definition) is 0. The molecule has 138 valence electrons. The lowest BCUT2D eigenvalue weighted by molar-refractivity contribution is -0.126. The first-order valence-electron chi connectivity index (χ1n) is 9.29. The van der Waals surface area contributed by atoms with Crippen molar-refractivity contribution in [1.29, 1.82) is 0 Å². The summed E-state index contributed by atoms with van der Waals surface area (Å²) in [6.07, 6.45) is 0.999. The van der Waals surface area contributed by atoms with Crippen molar-refractivity contribution in [3.05, 3.63) is 64.7 Å². The van der Waals surface area contributed by atoms with Crippen LogP contribution in [0.3, 0.4) is 0 Å². The third-order valence-corrected chi connectivity index (χ3v) is 6.13. The lowest BCUT2D eigenvalue weighted by Gasteiger charge is -2.29. The van der Waals surface area contributed by atoms with Gasteiger partial charge in [0.25, 0.3) is 5.91 Å². The molecule has 2 amide bonds. The van der Waals surface area contributed by atoms with Gasteiger partial charge in [-0.25, -0.2) is 14.9 Å². The number of carbonyl (C=O) groups is 2. The van der Waals surface area contributed by atoms with Gasteiger partial charge in [-0.15, -0.1) is 0 Å². The van der Waals surface area contributed by atoms with E-state index in [1.54, 1.807) is 0 Å². The minimum atomic E-state index is -0.416. The zero-order valence-corrected chi connectivity index (χ0v) is 15.8. The van der Waals surface area contributed by atoms with E-state index in [4.69, 9.17) is 11.6 Å². The molecule has 2 aromatic rings. The largest absolute Gasteiger partial charge is 0.274 e. The molecular formula is C21H20ClN3O2. The monoisotopic (exact) mass is 381 g/mol. The number of rotatable bonds is 2. The van der Waals surface area contributed by atoms with Gasteiger partial charge < -0.3 is 0 Å². The fraction of sp³-hybridized carbons (Fsp3) is 0.333. The van der Waals surface area contributed by atoms with Crippen LogP contribution in [0.2, 0.25) is 5.02 Å². The molecule has 5 rings (SSSR count). The topological polar surface area (TPSA) is 43.9 Å². The van der Waals surface area contributed by atoms with E-state index in [0.717, 1.165) is 30.6 Å². The first kappa shape index (κ1) is 16.9. The van der Waals surface area contributed by atoms with E-state index in [0.29, 0.717) is 10.7 Å². The number of hydrazine groups is 1. The lowest BCUT2D eigenvalue weighted by Crippen LogP contribution is -2.44. The van der Waals surface area contributed by atoms with Crippen LogP contribution in [-0.4, -0.2) is 41.0 Å². The number of anilines is 1. The van der Waals surface area contributed by atoms with Crippen LogP contribution in [0.1, 0.15) is 23.6 Å². The van der Waals surface area contributed by atoms with Crippen molar-refractivity contribution in [3.8, 4) is 0 Å². The minimum Gasteiger partial charge on any atom is -0.274 e. The predicted molar refractivity (Wildman–Crippen MR) is 103 cm³/mol. The predicted octanol–water partition coefficient (Wildman–Crippen LogP) is 3.18. The summed E-state index contributed by atoms with van der Waals surface area (Å²) in [6.45, 7) is 3.64. The second-order valence-electron chi connectivity index (χ2n) is 7.50. The fourth-order valence-corrected chi connectivity index (χ4v) is 4.92. The molecule has 27 heavy (non-hydrogen) atoms. The summed E-state index contributed by atoms with van der Waals surface area (Å²) in [7, 11) is 0. The Morgan fingerprint density at radius 1 is 0.926 bits per heavy atom. The van der Waals surface area contributed by atoms with Gasteiger partial charge in [-0.05, 0) is 48.7 Å². The Morgan fingerprint density at radius 3 is 2.33 bits per heavy atom. The van der Waals surface area contributed by atoms with Crippen LogP contribution in [0, 0.1) is 12.8 Å². The number of nitrogens with zero attached hydrogens (tertiary/aromatic N) is 3. The normalized spacial score (nSPS) is 28.1. The number of carbonyl (C=O) groups excluding carboxylic acids is 2. The first-order chi connectivity index (χ1) is 13.1. The Balaban J connectivity index is 1.59. The SMILES string of the molecule is Cc1cccc(N2C(=O)C3C(C2=O)N2CCCN2C3c2ccc(Cl)cc2)c1. The Bertz CT molecular complexity index is 929. The number of hydrogen-bond acceptors (Lipinski definition) is 4. The number of fused-ring (bicyclic) bond motifs is 3. The molecule has 3 atom stereocenters. The molecule has 3 saturated heterocycles. The molecule has 2 aromatic carbocycles. The maximum absolute atomic E-state index is 13.4. The molecule has 6 heteroatoms. The first-order valence-corrected chi connectivity index (χ1v) is 9.67. The maximum Gasteiger partial charge on any atom is 0.253 e. The number of halogens is 1. The van der Waals surface area contributed by atoms with E-state index in [1.807, 2.05) is 55.5 Å². The summed E-state index contributed by atoms with van der Waals surface area (Å²) in [5, 5.41) is 4.99. The van der Waals surface area contributed by atoms with Crippen LogP contribution < -0.4 is 4.90 Å². The van der Waals surface area contributed by atoms with Crippen LogP contribution in [0.15, 0.2) is 48.5 Å². The molecule has 0 saturated carbocycles. The van der Waals surface area contributed by atoms with Gasteiger partial charge in [0, 0.05) is 18.1 Å². The summed E-state index contributed by atoms with van der Waals surface area (Å²) in [6, 6.07) is 14.7. The minimum absolute atomic E-state index is 0.107. The third kappa shape index (κ3) is 2.46. The molecule has 0 aliphatic carbocycles. The number of amides is 2. The van der Waals surface area contributed by atoms with Gasteiger partial charge in [-0.2, -0.15) is 0 Å². The van der Waals surface area contributed by atoms with Crippen molar-refractivity contribution < 1.29 is 9.59 Å². The molecule has 3 unspecified atom stereocenters.